The summed E-state index contributed by atoms with van der Waals surface area (Å²) in [5.74, 6) is 2.04. The van der Waals surface area contributed by atoms with Gasteiger partial charge in [-0.25, -0.2) is 4.79 Å². The van der Waals surface area contributed by atoms with Crippen molar-refractivity contribution < 1.29 is 14.7 Å². The number of hydrogen-bond acceptors (Lipinski definition) is 3. The highest BCUT2D eigenvalue weighted by molar-refractivity contribution is 5.94. The number of amides is 1. The lowest BCUT2D eigenvalue weighted by Crippen LogP contribution is -2.49. The number of carboxylic acid groups (broad SMARTS) is 1. The number of carbonyl (C=O) groups excluding carboxylic acids is 1. The lowest BCUT2D eigenvalue weighted by molar-refractivity contribution is -0.132. The van der Waals surface area contributed by atoms with Gasteiger partial charge in [0.2, 0.25) is 5.91 Å². The molecule has 112 valence electrons. The molecule has 1 aromatic rings. The van der Waals surface area contributed by atoms with Gasteiger partial charge in [0, 0.05) is 12.0 Å². The summed E-state index contributed by atoms with van der Waals surface area (Å²) in [5, 5.41) is 17.9. The van der Waals surface area contributed by atoms with E-state index in [0.717, 1.165) is 11.8 Å². The van der Waals surface area contributed by atoms with Gasteiger partial charge < -0.3 is 10.4 Å². The molecular formula is C15H19N3O3. The van der Waals surface area contributed by atoms with Crippen molar-refractivity contribution in [2.24, 2.45) is 29.6 Å². The smallest absolute Gasteiger partial charge is 0.353 e. The molecule has 4 bridgehead atoms. The van der Waals surface area contributed by atoms with Crippen LogP contribution in [0.2, 0.25) is 0 Å². The highest BCUT2D eigenvalue weighted by atomic mass is 16.4. The van der Waals surface area contributed by atoms with Gasteiger partial charge in [0.25, 0.3) is 0 Å². The lowest BCUT2D eigenvalue weighted by atomic mass is 9.51. The first-order valence-electron chi connectivity index (χ1n) is 7.69. The first-order valence-corrected chi connectivity index (χ1v) is 7.69. The highest BCUT2D eigenvalue weighted by Gasteiger charge is 2.50. The number of aromatic carboxylic acids is 1. The molecule has 0 aromatic carbocycles. The molecule has 0 aliphatic heterocycles. The van der Waals surface area contributed by atoms with Crippen LogP contribution >= 0.6 is 0 Å². The molecule has 21 heavy (non-hydrogen) atoms. The molecular weight excluding hydrogens is 270 g/mol. The van der Waals surface area contributed by atoms with Gasteiger partial charge in [-0.05, 0) is 55.8 Å². The molecule has 0 atom stereocenters. The number of carboxylic acids is 1. The molecule has 1 amide bonds. The van der Waals surface area contributed by atoms with Crippen LogP contribution in [0.5, 0.6) is 0 Å². The monoisotopic (exact) mass is 289 g/mol. The topological polar surface area (TPSA) is 95.1 Å². The second-order valence-electron chi connectivity index (χ2n) is 6.92. The molecule has 5 rings (SSSR count). The van der Waals surface area contributed by atoms with Crippen LogP contribution in [0.4, 0.5) is 5.82 Å². The Morgan fingerprint density at radius 2 is 1.76 bits per heavy atom. The van der Waals surface area contributed by atoms with Gasteiger partial charge in [0.15, 0.2) is 5.82 Å². The molecule has 4 fully saturated rings. The minimum Gasteiger partial charge on any atom is -0.477 e. The quantitative estimate of drug-likeness (QED) is 0.794. The summed E-state index contributed by atoms with van der Waals surface area (Å²) in [6.07, 6.45) is 6.11. The normalized spacial score (nSPS) is 36.7. The number of aromatic amines is 1. The third kappa shape index (κ3) is 2.13. The SMILES string of the molecule is O=C(O)c1cc(NC(=O)C2C3CC4CC(C3)CC2C4)n[nH]1. The minimum absolute atomic E-state index is 0.00428. The van der Waals surface area contributed by atoms with Gasteiger partial charge in [0.05, 0.1) is 0 Å². The predicted octanol–water partition coefficient (Wildman–Crippen LogP) is 2.12. The molecule has 3 N–H and O–H groups in total. The third-order valence-electron chi connectivity index (χ3n) is 5.59. The van der Waals surface area contributed by atoms with E-state index in [9.17, 15) is 9.59 Å². The van der Waals surface area contributed by atoms with Crippen molar-refractivity contribution in [2.45, 2.75) is 32.1 Å². The molecule has 1 heterocycles. The van der Waals surface area contributed by atoms with Gasteiger partial charge in [-0.1, -0.05) is 0 Å². The van der Waals surface area contributed by atoms with Crippen LogP contribution in [-0.2, 0) is 4.79 Å². The first kappa shape index (κ1) is 12.9. The number of rotatable bonds is 3. The largest absolute Gasteiger partial charge is 0.477 e. The van der Waals surface area contributed by atoms with Crippen molar-refractivity contribution in [1.82, 2.24) is 10.2 Å². The van der Waals surface area contributed by atoms with E-state index < -0.39 is 5.97 Å². The Labute approximate surface area is 122 Å². The van der Waals surface area contributed by atoms with Crippen molar-refractivity contribution >= 4 is 17.7 Å². The van der Waals surface area contributed by atoms with E-state index >= 15 is 0 Å². The van der Waals surface area contributed by atoms with Crippen LogP contribution in [0, 0.1) is 29.6 Å². The summed E-state index contributed by atoms with van der Waals surface area (Å²) in [4.78, 5) is 23.4. The summed E-state index contributed by atoms with van der Waals surface area (Å²) < 4.78 is 0. The van der Waals surface area contributed by atoms with Crippen molar-refractivity contribution in [1.29, 1.82) is 0 Å². The Kier molecular flexibility index (Phi) is 2.80. The lowest BCUT2D eigenvalue weighted by Gasteiger charge is -2.53. The third-order valence-corrected chi connectivity index (χ3v) is 5.59. The maximum atomic E-state index is 12.6. The van der Waals surface area contributed by atoms with E-state index in [1.54, 1.807) is 0 Å². The van der Waals surface area contributed by atoms with Crippen LogP contribution in [-0.4, -0.2) is 27.2 Å². The fourth-order valence-electron chi connectivity index (χ4n) is 5.06. The molecule has 0 saturated heterocycles. The van der Waals surface area contributed by atoms with Crippen molar-refractivity contribution in [3.63, 3.8) is 0 Å². The fraction of sp³-hybridized carbons (Fsp3) is 0.667. The average Bonchev–Trinajstić information content (AvgIpc) is 2.86. The van der Waals surface area contributed by atoms with Crippen molar-refractivity contribution in [3.05, 3.63) is 11.8 Å². The zero-order chi connectivity index (χ0) is 14.6. The Bertz CT molecular complexity index is 567. The molecule has 4 aliphatic rings. The van der Waals surface area contributed by atoms with E-state index in [4.69, 9.17) is 5.11 Å². The van der Waals surface area contributed by atoms with E-state index in [1.165, 1.54) is 38.2 Å². The average molecular weight is 289 g/mol. The summed E-state index contributed by atoms with van der Waals surface area (Å²) >= 11 is 0. The standard InChI is InChI=1S/C15H19N3O3/c19-14(16-12-6-11(15(20)21)17-18-12)13-9-2-7-1-8(4-9)5-10(13)3-7/h6-10,13H,1-5H2,(H,20,21)(H2,16,17,18,19). The van der Waals surface area contributed by atoms with Gasteiger partial charge in [-0.2, -0.15) is 5.10 Å². The maximum Gasteiger partial charge on any atom is 0.353 e. The van der Waals surface area contributed by atoms with Crippen LogP contribution in [0.25, 0.3) is 0 Å². The second-order valence-corrected chi connectivity index (χ2v) is 6.92. The Morgan fingerprint density at radius 1 is 1.14 bits per heavy atom. The van der Waals surface area contributed by atoms with Gasteiger partial charge >= 0.3 is 5.97 Å². The van der Waals surface area contributed by atoms with Crippen molar-refractivity contribution in [2.75, 3.05) is 5.32 Å². The highest BCUT2D eigenvalue weighted by Crippen LogP contribution is 2.56. The van der Waals surface area contributed by atoms with E-state index in [1.807, 2.05) is 0 Å². The number of anilines is 1. The van der Waals surface area contributed by atoms with Crippen LogP contribution in [0.3, 0.4) is 0 Å². The van der Waals surface area contributed by atoms with Crippen LogP contribution in [0.1, 0.15) is 42.6 Å². The summed E-state index contributed by atoms with van der Waals surface area (Å²) in [5.41, 5.74) is -0.00428. The molecule has 1 aromatic heterocycles. The number of aromatic nitrogens is 2. The van der Waals surface area contributed by atoms with Crippen LogP contribution < -0.4 is 5.32 Å². The van der Waals surface area contributed by atoms with Gasteiger partial charge in [-0.15, -0.1) is 0 Å². The minimum atomic E-state index is -1.07. The predicted molar refractivity (Wildman–Crippen MR) is 74.7 cm³/mol. The molecule has 0 spiro atoms. The van der Waals surface area contributed by atoms with Gasteiger partial charge in [0.1, 0.15) is 5.69 Å². The molecule has 4 saturated carbocycles. The number of carbonyl (C=O) groups is 2. The maximum absolute atomic E-state index is 12.6. The molecule has 6 heteroatoms. The fourth-order valence-corrected chi connectivity index (χ4v) is 5.06. The molecule has 6 nitrogen and oxygen atoms in total. The van der Waals surface area contributed by atoms with E-state index in [2.05, 4.69) is 15.5 Å². The summed E-state index contributed by atoms with van der Waals surface area (Å²) in [6, 6.07) is 1.37. The number of nitrogens with zero attached hydrogens (tertiary/aromatic N) is 1. The number of hydrogen-bond donors (Lipinski definition) is 3. The van der Waals surface area contributed by atoms with E-state index in [-0.39, 0.29) is 17.5 Å². The molecule has 0 radical (unpaired) electrons. The zero-order valence-corrected chi connectivity index (χ0v) is 11.7. The zero-order valence-electron chi connectivity index (χ0n) is 11.7. The molecule has 0 unspecified atom stereocenters. The van der Waals surface area contributed by atoms with Gasteiger partial charge in [-0.3, -0.25) is 9.89 Å². The Morgan fingerprint density at radius 3 is 2.29 bits per heavy atom. The number of nitrogens with one attached hydrogen (secondary N) is 2. The molecule has 4 aliphatic carbocycles. The first-order chi connectivity index (χ1) is 10.1. The van der Waals surface area contributed by atoms with Crippen LogP contribution in [0.15, 0.2) is 6.07 Å². The second kappa shape index (κ2) is 4.58. The number of H-pyrrole nitrogens is 1. The van der Waals surface area contributed by atoms with E-state index in [0.29, 0.717) is 17.7 Å². The Balaban J connectivity index is 1.48. The summed E-state index contributed by atoms with van der Waals surface area (Å²) in [6.45, 7) is 0. The van der Waals surface area contributed by atoms with Crippen molar-refractivity contribution in [3.8, 4) is 0 Å². The Hall–Kier alpha value is -1.85. The summed E-state index contributed by atoms with van der Waals surface area (Å²) in [7, 11) is 0.